The zero-order chi connectivity index (χ0) is 22.6. The molecular weight excluding hydrogens is 418 g/mol. The van der Waals surface area contributed by atoms with Crippen molar-refractivity contribution < 1.29 is 14.7 Å². The monoisotopic (exact) mass is 453 g/mol. The van der Waals surface area contributed by atoms with E-state index >= 15 is 0 Å². The van der Waals surface area contributed by atoms with E-state index in [2.05, 4.69) is 20.9 Å². The number of aromatic nitrogens is 2. The van der Waals surface area contributed by atoms with Gasteiger partial charge in [0.15, 0.2) is 0 Å². The lowest BCUT2D eigenvalue weighted by molar-refractivity contribution is -0.136. The number of rotatable bonds is 6. The molecule has 1 aromatic rings. The maximum Gasteiger partial charge on any atom is 0.254 e. The summed E-state index contributed by atoms with van der Waals surface area (Å²) in [7, 11) is 0. The predicted octanol–water partition coefficient (Wildman–Crippen LogP) is 2.35. The summed E-state index contributed by atoms with van der Waals surface area (Å²) in [5.41, 5.74) is 0.978. The molecule has 8 heteroatoms. The average Bonchev–Trinajstić information content (AvgIpc) is 3.45. The van der Waals surface area contributed by atoms with Crippen LogP contribution in [0.1, 0.15) is 86.2 Å². The van der Waals surface area contributed by atoms with Crippen LogP contribution in [0.5, 0.6) is 0 Å². The Hall–Kier alpha value is -2.22. The van der Waals surface area contributed by atoms with Crippen molar-refractivity contribution in [3.63, 3.8) is 0 Å². The second-order valence-electron chi connectivity index (χ2n) is 11.4. The first kappa shape index (κ1) is 21.3. The van der Waals surface area contributed by atoms with Gasteiger partial charge in [0.05, 0.1) is 16.9 Å². The van der Waals surface area contributed by atoms with Crippen LogP contribution >= 0.6 is 0 Å². The van der Waals surface area contributed by atoms with Crippen molar-refractivity contribution in [3.05, 3.63) is 17.5 Å². The Morgan fingerprint density at radius 1 is 1.18 bits per heavy atom. The molecule has 0 radical (unpaired) electrons. The van der Waals surface area contributed by atoms with Gasteiger partial charge >= 0.3 is 0 Å². The highest BCUT2D eigenvalue weighted by atomic mass is 16.3. The SMILES string of the molecule is O=C1C[C@@H](CNc2ncc(C(=O)N[C@H]3C4CC5CC3C[C@@](O)(C5)C4)c(C3CCCC3)n2)CN1. The van der Waals surface area contributed by atoms with E-state index < -0.39 is 5.60 Å². The van der Waals surface area contributed by atoms with Gasteiger partial charge < -0.3 is 21.1 Å². The molecule has 1 aromatic heterocycles. The first-order valence-corrected chi connectivity index (χ1v) is 12.9. The zero-order valence-electron chi connectivity index (χ0n) is 19.2. The largest absolute Gasteiger partial charge is 0.390 e. The number of nitrogens with one attached hydrogen (secondary N) is 3. The molecule has 2 amide bonds. The van der Waals surface area contributed by atoms with Crippen LogP contribution in [0, 0.1) is 23.7 Å². The second-order valence-corrected chi connectivity index (χ2v) is 11.4. The highest BCUT2D eigenvalue weighted by Gasteiger charge is 2.55. The molecule has 4 N–H and O–H groups in total. The summed E-state index contributed by atoms with van der Waals surface area (Å²) in [6, 6.07) is 0.149. The predicted molar refractivity (Wildman–Crippen MR) is 123 cm³/mol. The number of nitrogens with zero attached hydrogens (tertiary/aromatic N) is 2. The molecule has 7 rings (SSSR count). The average molecular weight is 454 g/mol. The lowest BCUT2D eigenvalue weighted by atomic mass is 9.52. The van der Waals surface area contributed by atoms with Crippen LogP contribution in [0.2, 0.25) is 0 Å². The Labute approximate surface area is 194 Å². The lowest BCUT2D eigenvalue weighted by Gasteiger charge is -2.58. The van der Waals surface area contributed by atoms with E-state index in [1.54, 1.807) is 6.20 Å². The minimum atomic E-state index is -0.497. The molecule has 1 saturated heterocycles. The summed E-state index contributed by atoms with van der Waals surface area (Å²) in [4.78, 5) is 34.2. The van der Waals surface area contributed by atoms with Crippen LogP contribution in [-0.4, -0.2) is 51.6 Å². The molecule has 178 valence electrons. The lowest BCUT2D eigenvalue weighted by Crippen LogP contribution is -2.61. The molecule has 8 nitrogen and oxygen atoms in total. The molecule has 0 aromatic carbocycles. The van der Waals surface area contributed by atoms with Gasteiger partial charge in [0.1, 0.15) is 0 Å². The van der Waals surface area contributed by atoms with Crippen LogP contribution in [0.25, 0.3) is 0 Å². The zero-order valence-corrected chi connectivity index (χ0v) is 19.2. The third kappa shape index (κ3) is 4.11. The molecule has 5 saturated carbocycles. The number of anilines is 1. The van der Waals surface area contributed by atoms with E-state index in [0.717, 1.165) is 50.6 Å². The van der Waals surface area contributed by atoms with Gasteiger partial charge in [-0.1, -0.05) is 12.8 Å². The first-order chi connectivity index (χ1) is 16.0. The Bertz CT molecular complexity index is 930. The fraction of sp³-hybridized carbons (Fsp3) is 0.760. The van der Waals surface area contributed by atoms with Crippen LogP contribution in [-0.2, 0) is 4.79 Å². The third-order valence-corrected chi connectivity index (χ3v) is 8.95. The Kier molecular flexibility index (Phi) is 5.31. The number of carbonyl (C=O) groups excluding carboxylic acids is 2. The van der Waals surface area contributed by atoms with Gasteiger partial charge in [-0.2, -0.15) is 0 Å². The van der Waals surface area contributed by atoms with Gasteiger partial charge in [-0.25, -0.2) is 9.97 Å². The molecule has 4 bridgehead atoms. The number of hydrogen-bond donors (Lipinski definition) is 4. The van der Waals surface area contributed by atoms with E-state index in [1.165, 1.54) is 12.8 Å². The van der Waals surface area contributed by atoms with Gasteiger partial charge in [0.25, 0.3) is 5.91 Å². The summed E-state index contributed by atoms with van der Waals surface area (Å²) < 4.78 is 0. The van der Waals surface area contributed by atoms with Crippen molar-refractivity contribution in [1.82, 2.24) is 20.6 Å². The molecule has 2 unspecified atom stereocenters. The number of aliphatic hydroxyl groups is 1. The van der Waals surface area contributed by atoms with Crippen molar-refractivity contribution >= 4 is 17.8 Å². The normalized spacial score (nSPS) is 37.4. The highest BCUT2D eigenvalue weighted by molar-refractivity contribution is 5.95. The Morgan fingerprint density at radius 2 is 1.94 bits per heavy atom. The van der Waals surface area contributed by atoms with Crippen molar-refractivity contribution in [2.24, 2.45) is 23.7 Å². The van der Waals surface area contributed by atoms with Crippen molar-refractivity contribution in [2.75, 3.05) is 18.4 Å². The van der Waals surface area contributed by atoms with Crippen LogP contribution < -0.4 is 16.0 Å². The molecule has 2 heterocycles. The maximum absolute atomic E-state index is 13.5. The Balaban J connectivity index is 1.19. The maximum atomic E-state index is 13.5. The summed E-state index contributed by atoms with van der Waals surface area (Å²) in [5.74, 6) is 2.50. The quantitative estimate of drug-likeness (QED) is 0.525. The molecule has 0 spiro atoms. The molecular formula is C25H35N5O3. The topological polar surface area (TPSA) is 116 Å². The first-order valence-electron chi connectivity index (χ1n) is 12.9. The van der Waals surface area contributed by atoms with Gasteiger partial charge in [-0.05, 0) is 62.7 Å². The second kappa shape index (κ2) is 8.22. The van der Waals surface area contributed by atoms with E-state index in [4.69, 9.17) is 4.98 Å². The fourth-order valence-electron chi connectivity index (χ4n) is 7.66. The summed E-state index contributed by atoms with van der Waals surface area (Å²) in [6.45, 7) is 1.32. The van der Waals surface area contributed by atoms with Crippen LogP contribution in [0.15, 0.2) is 6.20 Å². The van der Waals surface area contributed by atoms with E-state index in [-0.39, 0.29) is 23.8 Å². The van der Waals surface area contributed by atoms with Crippen molar-refractivity contribution in [3.8, 4) is 0 Å². The third-order valence-electron chi connectivity index (χ3n) is 8.95. The van der Waals surface area contributed by atoms with Gasteiger partial charge in [-0.3, -0.25) is 9.59 Å². The van der Waals surface area contributed by atoms with Gasteiger partial charge in [0.2, 0.25) is 11.9 Å². The van der Waals surface area contributed by atoms with Crippen molar-refractivity contribution in [2.45, 2.75) is 81.8 Å². The molecule has 1 aliphatic heterocycles. The minimum absolute atomic E-state index is 0.0569. The summed E-state index contributed by atoms with van der Waals surface area (Å²) >= 11 is 0. The van der Waals surface area contributed by atoms with Gasteiger partial charge in [0, 0.05) is 43.6 Å². The molecule has 33 heavy (non-hydrogen) atoms. The van der Waals surface area contributed by atoms with Gasteiger partial charge in [-0.15, -0.1) is 0 Å². The van der Waals surface area contributed by atoms with Crippen LogP contribution in [0.3, 0.4) is 0 Å². The molecule has 3 atom stereocenters. The van der Waals surface area contributed by atoms with E-state index in [9.17, 15) is 14.7 Å². The standard InChI is InChI=1S/C25H35N5O3/c31-20-7-15(11-26-20)12-27-24-28-13-19(22(30-24)16-3-1-2-4-16)23(32)29-21-17-5-14-6-18(21)10-25(33,8-14)9-17/h13-18,21,33H,1-12H2,(H,26,31)(H,29,32)(H,27,28,30)/t14?,15-,17?,18?,21-,25+/m1/s1. The number of hydrogen-bond acceptors (Lipinski definition) is 6. The minimum Gasteiger partial charge on any atom is -0.390 e. The summed E-state index contributed by atoms with van der Waals surface area (Å²) in [6.07, 6.45) is 11.5. The summed E-state index contributed by atoms with van der Waals surface area (Å²) in [5, 5.41) is 20.4. The smallest absolute Gasteiger partial charge is 0.254 e. The Morgan fingerprint density at radius 3 is 2.61 bits per heavy atom. The number of carbonyl (C=O) groups is 2. The molecule has 6 aliphatic rings. The highest BCUT2D eigenvalue weighted by Crippen LogP contribution is 2.55. The fourth-order valence-corrected chi connectivity index (χ4v) is 7.66. The van der Waals surface area contributed by atoms with E-state index in [1.807, 2.05) is 0 Å². The number of amides is 2. The van der Waals surface area contributed by atoms with E-state index in [0.29, 0.717) is 54.7 Å². The molecule has 5 aliphatic carbocycles. The van der Waals surface area contributed by atoms with Crippen molar-refractivity contribution in [1.29, 1.82) is 0 Å². The molecule has 6 fully saturated rings. The van der Waals surface area contributed by atoms with Crippen LogP contribution in [0.4, 0.5) is 5.95 Å².